The number of carbonyl (C=O) groups excluding carboxylic acids is 3. The van der Waals surface area contributed by atoms with Gasteiger partial charge in [-0.25, -0.2) is 4.79 Å². The number of esters is 1. The molecule has 21 heavy (non-hydrogen) atoms. The molecular weight excluding hydrogens is 274 g/mol. The molecule has 2 amide bonds. The van der Waals surface area contributed by atoms with Gasteiger partial charge in [0.25, 0.3) is 0 Å². The molecule has 0 aromatic rings. The third-order valence-corrected chi connectivity index (χ3v) is 3.86. The molecule has 0 aromatic carbocycles. The topological polar surface area (TPSA) is 111 Å². The van der Waals surface area contributed by atoms with Crippen molar-refractivity contribution >= 4 is 17.8 Å². The molecule has 0 saturated heterocycles. The van der Waals surface area contributed by atoms with E-state index in [1.165, 1.54) is 7.11 Å². The molecule has 120 valence electrons. The Bertz CT molecular complexity index is 403. The van der Waals surface area contributed by atoms with Gasteiger partial charge in [-0.3, -0.25) is 9.59 Å². The highest BCUT2D eigenvalue weighted by molar-refractivity contribution is 5.91. The Kier molecular flexibility index (Phi) is 6.14. The minimum absolute atomic E-state index is 0.00990. The summed E-state index contributed by atoms with van der Waals surface area (Å²) < 4.78 is 4.77. The summed E-state index contributed by atoms with van der Waals surface area (Å²) >= 11 is 0. The Morgan fingerprint density at radius 2 is 1.81 bits per heavy atom. The van der Waals surface area contributed by atoms with Gasteiger partial charge in [0.2, 0.25) is 11.8 Å². The maximum Gasteiger partial charge on any atom is 0.331 e. The molecule has 0 heterocycles. The van der Waals surface area contributed by atoms with Gasteiger partial charge in [-0.15, -0.1) is 0 Å². The number of ether oxygens (including phenoxy) is 1. The number of carbonyl (C=O) groups is 3. The molecule has 1 aliphatic carbocycles. The molecule has 4 N–H and O–H groups in total. The van der Waals surface area contributed by atoms with Crippen LogP contribution in [0.3, 0.4) is 0 Å². The van der Waals surface area contributed by atoms with Gasteiger partial charge in [0, 0.05) is 0 Å². The van der Waals surface area contributed by atoms with Crippen molar-refractivity contribution in [3.8, 4) is 0 Å². The molecule has 1 fully saturated rings. The van der Waals surface area contributed by atoms with Crippen LogP contribution in [-0.4, -0.2) is 43.0 Å². The predicted molar refractivity (Wildman–Crippen MR) is 77.2 cm³/mol. The van der Waals surface area contributed by atoms with E-state index in [0.29, 0.717) is 12.8 Å². The maximum atomic E-state index is 11.9. The van der Waals surface area contributed by atoms with Crippen LogP contribution >= 0.6 is 0 Å². The Balaban J connectivity index is 2.52. The fraction of sp³-hybridized carbons (Fsp3) is 0.786. The third-order valence-electron chi connectivity index (χ3n) is 3.86. The number of amides is 2. The van der Waals surface area contributed by atoms with Crippen molar-refractivity contribution in [2.75, 3.05) is 13.7 Å². The summed E-state index contributed by atoms with van der Waals surface area (Å²) in [6.45, 7) is 3.46. The highest BCUT2D eigenvalue weighted by Crippen LogP contribution is 2.30. The van der Waals surface area contributed by atoms with Crippen LogP contribution in [0.1, 0.15) is 39.5 Å². The van der Waals surface area contributed by atoms with E-state index in [0.717, 1.165) is 12.8 Å². The van der Waals surface area contributed by atoms with Gasteiger partial charge in [-0.05, 0) is 18.8 Å². The van der Waals surface area contributed by atoms with E-state index in [4.69, 9.17) is 10.5 Å². The molecule has 1 aliphatic rings. The normalized spacial score (nSPS) is 18.1. The van der Waals surface area contributed by atoms with Crippen molar-refractivity contribution in [3.05, 3.63) is 0 Å². The van der Waals surface area contributed by atoms with Crippen LogP contribution in [0, 0.1) is 5.92 Å². The smallest absolute Gasteiger partial charge is 0.331 e. The summed E-state index contributed by atoms with van der Waals surface area (Å²) in [5.41, 5.74) is 4.74. The maximum absolute atomic E-state index is 11.9. The first kappa shape index (κ1) is 17.4. The van der Waals surface area contributed by atoms with Crippen molar-refractivity contribution in [3.63, 3.8) is 0 Å². The monoisotopic (exact) mass is 299 g/mol. The van der Waals surface area contributed by atoms with Crippen LogP contribution in [0.25, 0.3) is 0 Å². The first-order chi connectivity index (χ1) is 9.82. The zero-order valence-corrected chi connectivity index (χ0v) is 12.9. The molecule has 0 spiro atoms. The molecule has 1 saturated carbocycles. The van der Waals surface area contributed by atoms with Crippen LogP contribution < -0.4 is 16.4 Å². The summed E-state index contributed by atoms with van der Waals surface area (Å²) in [6, 6.07) is -0.654. The van der Waals surface area contributed by atoms with Crippen molar-refractivity contribution in [1.82, 2.24) is 10.6 Å². The number of nitrogens with two attached hydrogens (primary N) is 1. The van der Waals surface area contributed by atoms with E-state index in [2.05, 4.69) is 10.6 Å². The third kappa shape index (κ3) is 4.42. The van der Waals surface area contributed by atoms with E-state index in [-0.39, 0.29) is 18.4 Å². The van der Waals surface area contributed by atoms with Gasteiger partial charge in [0.1, 0.15) is 5.54 Å². The van der Waals surface area contributed by atoms with Crippen molar-refractivity contribution in [1.29, 1.82) is 0 Å². The molecule has 1 rings (SSSR count). The lowest BCUT2D eigenvalue weighted by atomic mass is 9.97. The van der Waals surface area contributed by atoms with Crippen LogP contribution in [0.2, 0.25) is 0 Å². The highest BCUT2D eigenvalue weighted by Gasteiger charge is 2.43. The molecule has 0 unspecified atom stereocenters. The number of hydrogen-bond donors (Lipinski definition) is 3. The summed E-state index contributed by atoms with van der Waals surface area (Å²) in [7, 11) is 1.30. The van der Waals surface area contributed by atoms with Crippen LogP contribution in [0.15, 0.2) is 0 Å². The summed E-state index contributed by atoms with van der Waals surface area (Å²) in [5, 5.41) is 5.18. The van der Waals surface area contributed by atoms with E-state index in [1.54, 1.807) is 0 Å². The summed E-state index contributed by atoms with van der Waals surface area (Å²) in [6.07, 6.45) is 2.84. The van der Waals surface area contributed by atoms with E-state index < -0.39 is 23.5 Å². The molecule has 0 aromatic heterocycles. The minimum atomic E-state index is -0.948. The van der Waals surface area contributed by atoms with Gasteiger partial charge in [-0.2, -0.15) is 0 Å². The molecule has 0 radical (unpaired) electrons. The van der Waals surface area contributed by atoms with Gasteiger partial charge < -0.3 is 21.1 Å². The second-order valence-electron chi connectivity index (χ2n) is 5.82. The zero-order valence-electron chi connectivity index (χ0n) is 12.9. The second kappa shape index (κ2) is 7.40. The number of hydrogen-bond acceptors (Lipinski definition) is 5. The first-order valence-electron chi connectivity index (χ1n) is 7.25. The average Bonchev–Trinajstić information content (AvgIpc) is 2.92. The van der Waals surface area contributed by atoms with E-state index >= 15 is 0 Å². The SMILES string of the molecule is COC(=O)C1(NC(=O)CNC(=O)[C@@H](N)C(C)C)CCCC1. The quantitative estimate of drug-likeness (QED) is 0.583. The lowest BCUT2D eigenvalue weighted by Gasteiger charge is -2.27. The largest absolute Gasteiger partial charge is 0.467 e. The number of methoxy groups -OCH3 is 1. The predicted octanol–water partition coefficient (Wildman–Crippen LogP) is -0.312. The van der Waals surface area contributed by atoms with E-state index in [9.17, 15) is 14.4 Å². The fourth-order valence-electron chi connectivity index (χ4n) is 2.45. The van der Waals surface area contributed by atoms with E-state index in [1.807, 2.05) is 13.8 Å². The van der Waals surface area contributed by atoms with Crippen molar-refractivity contribution < 1.29 is 19.1 Å². The number of nitrogens with one attached hydrogen (secondary N) is 2. The fourth-order valence-corrected chi connectivity index (χ4v) is 2.45. The Morgan fingerprint density at radius 1 is 1.24 bits per heavy atom. The summed E-state index contributed by atoms with van der Waals surface area (Å²) in [5.74, 6) is -1.23. The molecule has 0 bridgehead atoms. The Hall–Kier alpha value is -1.63. The molecule has 7 heteroatoms. The standard InChI is InChI=1S/C14H25N3O4/c1-9(2)11(15)12(19)16-8-10(18)17-14(13(20)21-3)6-4-5-7-14/h9,11H,4-8,15H2,1-3H3,(H,16,19)(H,17,18)/t11-/m0/s1. The first-order valence-corrected chi connectivity index (χ1v) is 7.25. The van der Waals surface area contributed by atoms with Crippen LogP contribution in [0.5, 0.6) is 0 Å². The Morgan fingerprint density at radius 3 is 2.29 bits per heavy atom. The van der Waals surface area contributed by atoms with Crippen molar-refractivity contribution in [2.24, 2.45) is 11.7 Å². The zero-order chi connectivity index (χ0) is 16.0. The number of rotatable bonds is 6. The molecule has 7 nitrogen and oxygen atoms in total. The van der Waals surface area contributed by atoms with Gasteiger partial charge in [-0.1, -0.05) is 26.7 Å². The minimum Gasteiger partial charge on any atom is -0.467 e. The summed E-state index contributed by atoms with van der Waals surface area (Å²) in [4.78, 5) is 35.5. The molecular formula is C14H25N3O4. The molecule has 0 aliphatic heterocycles. The van der Waals surface area contributed by atoms with Gasteiger partial charge in [0.05, 0.1) is 19.7 Å². The van der Waals surface area contributed by atoms with Gasteiger partial charge in [0.15, 0.2) is 0 Å². The van der Waals surface area contributed by atoms with Crippen LogP contribution in [0.4, 0.5) is 0 Å². The van der Waals surface area contributed by atoms with Gasteiger partial charge >= 0.3 is 5.97 Å². The molecule has 1 atom stereocenters. The van der Waals surface area contributed by atoms with Crippen molar-refractivity contribution in [2.45, 2.75) is 51.1 Å². The van der Waals surface area contributed by atoms with Crippen LogP contribution in [-0.2, 0) is 19.1 Å². The Labute approximate surface area is 125 Å². The lowest BCUT2D eigenvalue weighted by Crippen LogP contribution is -2.56. The average molecular weight is 299 g/mol. The highest BCUT2D eigenvalue weighted by atomic mass is 16.5. The lowest BCUT2D eigenvalue weighted by molar-refractivity contribution is -0.150. The second-order valence-corrected chi connectivity index (χ2v) is 5.82.